The zero-order valence-electron chi connectivity index (χ0n) is 11.1. The molecule has 0 bridgehead atoms. The quantitative estimate of drug-likeness (QED) is 0.734. The number of rotatable bonds is 7. The molecule has 1 N–H and O–H groups in total. The van der Waals surface area contributed by atoms with Crippen molar-refractivity contribution in [2.75, 3.05) is 25.0 Å². The Hall–Kier alpha value is -1.35. The summed E-state index contributed by atoms with van der Waals surface area (Å²) in [4.78, 5) is 6.66. The van der Waals surface area contributed by atoms with E-state index in [-0.39, 0.29) is 0 Å². The molecule has 0 aliphatic rings. The van der Waals surface area contributed by atoms with E-state index < -0.39 is 0 Å². The lowest BCUT2D eigenvalue weighted by atomic mass is 10.1. The van der Waals surface area contributed by atoms with Gasteiger partial charge in [-0.2, -0.15) is 0 Å². The molecule has 0 fully saturated rings. The number of pyridine rings is 1. The minimum absolute atomic E-state index is 0.360. The first-order chi connectivity index (χ1) is 8.22. The molecular formula is C14H23N3. The predicted molar refractivity (Wildman–Crippen MR) is 74.4 cm³/mol. The Kier molecular flexibility index (Phi) is 5.70. The molecule has 1 aromatic rings. The summed E-state index contributed by atoms with van der Waals surface area (Å²) in [5.41, 5.74) is 2.24. The molecule has 0 amide bonds. The summed E-state index contributed by atoms with van der Waals surface area (Å²) in [7, 11) is 2.04. The number of nitrogens with one attached hydrogen (secondary N) is 1. The van der Waals surface area contributed by atoms with Crippen LogP contribution in [0.25, 0.3) is 0 Å². The molecule has 0 aliphatic carbocycles. The standard InChI is InChI=1S/C14H23N3/c1-5-10-17(4)12-8-9-14(16-11-12)13(6-2)15-7-3/h5,8-9,11,13,15H,1,6-7,10H2,2-4H3. The van der Waals surface area contributed by atoms with Crippen molar-refractivity contribution >= 4 is 5.69 Å². The SMILES string of the molecule is C=CCN(C)c1ccc(C(CC)NCC)nc1. The fourth-order valence-corrected chi connectivity index (χ4v) is 1.83. The fraction of sp³-hybridized carbons (Fsp3) is 0.500. The predicted octanol–water partition coefficient (Wildman–Crippen LogP) is 2.76. The summed E-state index contributed by atoms with van der Waals surface area (Å²) in [5.74, 6) is 0. The van der Waals surface area contributed by atoms with E-state index in [0.717, 1.165) is 30.9 Å². The number of nitrogens with zero attached hydrogens (tertiary/aromatic N) is 2. The van der Waals surface area contributed by atoms with Gasteiger partial charge in [-0.3, -0.25) is 4.98 Å². The van der Waals surface area contributed by atoms with Gasteiger partial charge in [0.15, 0.2) is 0 Å². The normalized spacial score (nSPS) is 12.2. The van der Waals surface area contributed by atoms with Crippen LogP contribution in [0.1, 0.15) is 32.0 Å². The second kappa shape index (κ2) is 7.07. The Balaban J connectivity index is 2.75. The highest BCUT2D eigenvalue weighted by atomic mass is 15.1. The van der Waals surface area contributed by atoms with Gasteiger partial charge in [0.2, 0.25) is 0 Å². The molecule has 0 radical (unpaired) electrons. The monoisotopic (exact) mass is 233 g/mol. The smallest absolute Gasteiger partial charge is 0.0574 e. The third-order valence-electron chi connectivity index (χ3n) is 2.83. The van der Waals surface area contributed by atoms with Crippen molar-refractivity contribution in [2.45, 2.75) is 26.3 Å². The van der Waals surface area contributed by atoms with Gasteiger partial charge in [-0.25, -0.2) is 0 Å². The third kappa shape index (κ3) is 3.86. The topological polar surface area (TPSA) is 28.2 Å². The van der Waals surface area contributed by atoms with E-state index in [1.54, 1.807) is 0 Å². The summed E-state index contributed by atoms with van der Waals surface area (Å²) >= 11 is 0. The Morgan fingerprint density at radius 1 is 1.47 bits per heavy atom. The highest BCUT2D eigenvalue weighted by Crippen LogP contribution is 2.17. The van der Waals surface area contributed by atoms with E-state index in [0.29, 0.717) is 6.04 Å². The summed E-state index contributed by atoms with van der Waals surface area (Å²) < 4.78 is 0. The van der Waals surface area contributed by atoms with Crippen molar-refractivity contribution in [3.63, 3.8) is 0 Å². The van der Waals surface area contributed by atoms with Crippen molar-refractivity contribution in [2.24, 2.45) is 0 Å². The summed E-state index contributed by atoms with van der Waals surface area (Å²) in [6.07, 6.45) is 4.88. The van der Waals surface area contributed by atoms with Crippen LogP contribution in [0, 0.1) is 0 Å². The van der Waals surface area contributed by atoms with Crippen LogP contribution in [0.15, 0.2) is 31.0 Å². The van der Waals surface area contributed by atoms with E-state index >= 15 is 0 Å². The molecule has 1 aromatic heterocycles. The maximum atomic E-state index is 4.53. The summed E-state index contributed by atoms with van der Waals surface area (Å²) in [6, 6.07) is 4.58. The highest BCUT2D eigenvalue weighted by molar-refractivity contribution is 5.44. The number of likely N-dealkylation sites (N-methyl/N-ethyl adjacent to an activating group) is 1. The van der Waals surface area contributed by atoms with Gasteiger partial charge in [0.05, 0.1) is 17.6 Å². The Bertz CT molecular complexity index is 332. The molecular weight excluding hydrogens is 210 g/mol. The number of anilines is 1. The van der Waals surface area contributed by atoms with Crippen LogP contribution in [0.3, 0.4) is 0 Å². The Labute approximate surface area is 105 Å². The van der Waals surface area contributed by atoms with Crippen molar-refractivity contribution in [3.05, 3.63) is 36.7 Å². The van der Waals surface area contributed by atoms with E-state index in [1.807, 2.05) is 19.3 Å². The second-order valence-electron chi connectivity index (χ2n) is 4.13. The first kappa shape index (κ1) is 13.7. The van der Waals surface area contributed by atoms with Gasteiger partial charge in [0.25, 0.3) is 0 Å². The third-order valence-corrected chi connectivity index (χ3v) is 2.83. The maximum absolute atomic E-state index is 4.53. The first-order valence-corrected chi connectivity index (χ1v) is 6.24. The van der Waals surface area contributed by atoms with E-state index in [1.165, 1.54) is 0 Å². The molecule has 0 saturated heterocycles. The van der Waals surface area contributed by atoms with Crippen molar-refractivity contribution in [1.29, 1.82) is 0 Å². The Morgan fingerprint density at radius 3 is 2.71 bits per heavy atom. The number of hydrogen-bond acceptors (Lipinski definition) is 3. The summed E-state index contributed by atoms with van der Waals surface area (Å²) in [6.45, 7) is 9.84. The molecule has 1 rings (SSSR count). The van der Waals surface area contributed by atoms with Crippen LogP contribution in [0.4, 0.5) is 5.69 Å². The van der Waals surface area contributed by atoms with Gasteiger partial charge in [-0.15, -0.1) is 6.58 Å². The van der Waals surface area contributed by atoms with Gasteiger partial charge < -0.3 is 10.2 Å². The summed E-state index contributed by atoms with van der Waals surface area (Å²) in [5, 5.41) is 3.43. The van der Waals surface area contributed by atoms with E-state index in [4.69, 9.17) is 0 Å². The van der Waals surface area contributed by atoms with Gasteiger partial charge in [-0.05, 0) is 25.1 Å². The average Bonchev–Trinajstić information content (AvgIpc) is 2.36. The molecule has 94 valence electrons. The molecule has 3 heteroatoms. The lowest BCUT2D eigenvalue weighted by Gasteiger charge is -2.19. The zero-order valence-corrected chi connectivity index (χ0v) is 11.1. The van der Waals surface area contributed by atoms with Crippen molar-refractivity contribution < 1.29 is 0 Å². The van der Waals surface area contributed by atoms with Crippen LogP contribution in [0.2, 0.25) is 0 Å². The highest BCUT2D eigenvalue weighted by Gasteiger charge is 2.09. The van der Waals surface area contributed by atoms with Crippen LogP contribution in [-0.2, 0) is 0 Å². The molecule has 0 aliphatic heterocycles. The van der Waals surface area contributed by atoms with E-state index in [9.17, 15) is 0 Å². The molecule has 17 heavy (non-hydrogen) atoms. The maximum Gasteiger partial charge on any atom is 0.0574 e. The fourth-order valence-electron chi connectivity index (χ4n) is 1.83. The Morgan fingerprint density at radius 2 is 2.24 bits per heavy atom. The van der Waals surface area contributed by atoms with Gasteiger partial charge in [-0.1, -0.05) is 19.9 Å². The molecule has 1 atom stereocenters. The lowest BCUT2D eigenvalue weighted by molar-refractivity contribution is 0.525. The van der Waals surface area contributed by atoms with Crippen LogP contribution in [0.5, 0.6) is 0 Å². The van der Waals surface area contributed by atoms with Crippen LogP contribution < -0.4 is 10.2 Å². The van der Waals surface area contributed by atoms with E-state index in [2.05, 4.69) is 47.8 Å². The zero-order chi connectivity index (χ0) is 12.7. The minimum atomic E-state index is 0.360. The lowest BCUT2D eigenvalue weighted by Crippen LogP contribution is -2.21. The number of aromatic nitrogens is 1. The molecule has 0 spiro atoms. The molecule has 0 saturated carbocycles. The second-order valence-corrected chi connectivity index (χ2v) is 4.13. The van der Waals surface area contributed by atoms with Crippen LogP contribution in [-0.4, -0.2) is 25.1 Å². The van der Waals surface area contributed by atoms with Crippen molar-refractivity contribution in [3.8, 4) is 0 Å². The molecule has 0 aromatic carbocycles. The van der Waals surface area contributed by atoms with Gasteiger partial charge in [0.1, 0.15) is 0 Å². The van der Waals surface area contributed by atoms with Gasteiger partial charge >= 0.3 is 0 Å². The minimum Gasteiger partial charge on any atom is -0.370 e. The molecule has 1 unspecified atom stereocenters. The first-order valence-electron chi connectivity index (χ1n) is 6.24. The average molecular weight is 233 g/mol. The number of hydrogen-bond donors (Lipinski definition) is 1. The van der Waals surface area contributed by atoms with Crippen molar-refractivity contribution in [1.82, 2.24) is 10.3 Å². The van der Waals surface area contributed by atoms with Gasteiger partial charge in [0, 0.05) is 19.6 Å². The largest absolute Gasteiger partial charge is 0.370 e. The molecule has 1 heterocycles. The molecule has 3 nitrogen and oxygen atoms in total. The van der Waals surface area contributed by atoms with Crippen LogP contribution >= 0.6 is 0 Å².